The van der Waals surface area contributed by atoms with E-state index in [1.54, 1.807) is 25.6 Å². The maximum absolute atomic E-state index is 6.49. The molecule has 0 aliphatic heterocycles. The van der Waals surface area contributed by atoms with Crippen molar-refractivity contribution in [1.82, 2.24) is 0 Å². The fraction of sp³-hybridized carbons (Fsp3) is 0.231. The van der Waals surface area contributed by atoms with Gasteiger partial charge >= 0.3 is 0 Å². The van der Waals surface area contributed by atoms with E-state index in [0.717, 1.165) is 26.4 Å². The van der Waals surface area contributed by atoms with Crippen molar-refractivity contribution >= 4 is 38.9 Å². The van der Waals surface area contributed by atoms with E-state index in [1.807, 2.05) is 29.6 Å². The standard InChI is InChI=1S/C13H12BrClO2S/c1-16-8-3-4-10(11(14)5-8)13(15)12-6-9(17-2)7-18-12/h3-7,13H,1-2H3. The highest BCUT2D eigenvalue weighted by Gasteiger charge is 2.16. The molecule has 0 spiro atoms. The van der Waals surface area contributed by atoms with Gasteiger partial charge in [0.25, 0.3) is 0 Å². The number of alkyl halides is 1. The molecule has 1 unspecified atom stereocenters. The SMILES string of the molecule is COc1csc(C(Cl)c2ccc(OC)cc2Br)c1. The van der Waals surface area contributed by atoms with E-state index in [9.17, 15) is 0 Å². The van der Waals surface area contributed by atoms with Crippen molar-refractivity contribution < 1.29 is 9.47 Å². The van der Waals surface area contributed by atoms with Crippen LogP contribution in [0.1, 0.15) is 15.8 Å². The van der Waals surface area contributed by atoms with Crippen molar-refractivity contribution in [2.75, 3.05) is 14.2 Å². The fourth-order valence-electron chi connectivity index (χ4n) is 1.57. The number of benzene rings is 1. The summed E-state index contributed by atoms with van der Waals surface area (Å²) < 4.78 is 11.3. The van der Waals surface area contributed by atoms with Gasteiger partial charge in [0.05, 0.1) is 19.6 Å². The smallest absolute Gasteiger partial charge is 0.129 e. The minimum Gasteiger partial charge on any atom is -0.497 e. The molecule has 18 heavy (non-hydrogen) atoms. The van der Waals surface area contributed by atoms with E-state index < -0.39 is 0 Å². The van der Waals surface area contributed by atoms with Gasteiger partial charge < -0.3 is 9.47 Å². The largest absolute Gasteiger partial charge is 0.497 e. The van der Waals surface area contributed by atoms with E-state index in [4.69, 9.17) is 21.1 Å². The van der Waals surface area contributed by atoms with Crippen LogP contribution in [-0.2, 0) is 0 Å². The Hall–Kier alpha value is -0.710. The molecule has 2 nitrogen and oxygen atoms in total. The molecule has 2 aromatic rings. The number of ether oxygens (including phenoxy) is 2. The van der Waals surface area contributed by atoms with Crippen LogP contribution in [-0.4, -0.2) is 14.2 Å². The van der Waals surface area contributed by atoms with E-state index in [2.05, 4.69) is 15.9 Å². The minimum absolute atomic E-state index is 0.195. The van der Waals surface area contributed by atoms with Crippen LogP contribution in [0.15, 0.2) is 34.1 Å². The van der Waals surface area contributed by atoms with Gasteiger partial charge in [-0.3, -0.25) is 0 Å². The van der Waals surface area contributed by atoms with Crippen molar-refractivity contribution in [2.24, 2.45) is 0 Å². The van der Waals surface area contributed by atoms with Gasteiger partial charge in [0.15, 0.2) is 0 Å². The van der Waals surface area contributed by atoms with Gasteiger partial charge in [-0.1, -0.05) is 22.0 Å². The van der Waals surface area contributed by atoms with Gasteiger partial charge in [0.2, 0.25) is 0 Å². The van der Waals surface area contributed by atoms with Crippen molar-refractivity contribution in [3.63, 3.8) is 0 Å². The highest BCUT2D eigenvalue weighted by Crippen LogP contribution is 2.39. The molecule has 0 bridgehead atoms. The lowest BCUT2D eigenvalue weighted by Crippen LogP contribution is -1.93. The maximum Gasteiger partial charge on any atom is 0.129 e. The molecular weight excluding hydrogens is 336 g/mol. The monoisotopic (exact) mass is 346 g/mol. The van der Waals surface area contributed by atoms with Crippen molar-refractivity contribution in [3.05, 3.63) is 44.6 Å². The summed E-state index contributed by atoms with van der Waals surface area (Å²) in [5.74, 6) is 1.64. The van der Waals surface area contributed by atoms with Crippen molar-refractivity contribution in [1.29, 1.82) is 0 Å². The van der Waals surface area contributed by atoms with Gasteiger partial charge in [0.1, 0.15) is 11.5 Å². The Morgan fingerprint density at radius 1 is 1.17 bits per heavy atom. The molecule has 96 valence electrons. The molecule has 0 aliphatic carbocycles. The third kappa shape index (κ3) is 2.82. The highest BCUT2D eigenvalue weighted by atomic mass is 79.9. The number of hydrogen-bond acceptors (Lipinski definition) is 3. The van der Waals surface area contributed by atoms with Crippen LogP contribution >= 0.6 is 38.9 Å². The van der Waals surface area contributed by atoms with E-state index in [0.29, 0.717) is 0 Å². The Labute approximate surface area is 124 Å². The average molecular weight is 348 g/mol. The number of methoxy groups -OCH3 is 2. The van der Waals surface area contributed by atoms with Gasteiger partial charge in [-0.15, -0.1) is 22.9 Å². The van der Waals surface area contributed by atoms with Crippen LogP contribution in [0.4, 0.5) is 0 Å². The first-order valence-corrected chi connectivity index (χ1v) is 7.36. The summed E-state index contributed by atoms with van der Waals surface area (Å²) in [5, 5.41) is 1.75. The molecule has 1 atom stereocenters. The van der Waals surface area contributed by atoms with Gasteiger partial charge in [-0.2, -0.15) is 0 Å². The molecule has 1 aromatic heterocycles. The Bertz CT molecular complexity index is 542. The summed E-state index contributed by atoms with van der Waals surface area (Å²) in [4.78, 5) is 1.05. The normalized spacial score (nSPS) is 12.2. The van der Waals surface area contributed by atoms with Crippen LogP contribution < -0.4 is 9.47 Å². The zero-order valence-corrected chi connectivity index (χ0v) is 13.1. The second-order valence-corrected chi connectivity index (χ2v) is 5.87. The predicted octanol–water partition coefficient (Wildman–Crippen LogP) is 4.86. The Kier molecular flexibility index (Phi) is 4.54. The van der Waals surface area contributed by atoms with E-state index >= 15 is 0 Å². The number of rotatable bonds is 4. The summed E-state index contributed by atoms with van der Waals surface area (Å²) >= 11 is 11.6. The fourth-order valence-corrected chi connectivity index (χ4v) is 3.54. The molecule has 1 aromatic carbocycles. The lowest BCUT2D eigenvalue weighted by atomic mass is 10.1. The van der Waals surface area contributed by atoms with E-state index in [1.165, 1.54) is 0 Å². The second-order valence-electron chi connectivity index (χ2n) is 3.64. The molecule has 1 heterocycles. The molecule has 0 fully saturated rings. The zero-order valence-electron chi connectivity index (χ0n) is 9.94. The molecule has 5 heteroatoms. The lowest BCUT2D eigenvalue weighted by molar-refractivity contribution is 0.414. The van der Waals surface area contributed by atoms with Crippen molar-refractivity contribution in [3.8, 4) is 11.5 Å². The number of halogens is 2. The van der Waals surface area contributed by atoms with Gasteiger partial charge in [0, 0.05) is 14.7 Å². The molecule has 0 amide bonds. The van der Waals surface area contributed by atoms with Crippen LogP contribution in [0, 0.1) is 0 Å². The van der Waals surface area contributed by atoms with Gasteiger partial charge in [-0.05, 0) is 23.8 Å². The van der Waals surface area contributed by atoms with Crippen LogP contribution in [0.3, 0.4) is 0 Å². The van der Waals surface area contributed by atoms with Gasteiger partial charge in [-0.25, -0.2) is 0 Å². The van der Waals surface area contributed by atoms with Crippen LogP contribution in [0.2, 0.25) is 0 Å². The third-order valence-electron chi connectivity index (χ3n) is 2.56. The predicted molar refractivity (Wildman–Crippen MR) is 79.3 cm³/mol. The topological polar surface area (TPSA) is 18.5 Å². The molecule has 0 saturated carbocycles. The molecular formula is C13H12BrClO2S. The summed E-state index contributed by atoms with van der Waals surface area (Å²) in [6.45, 7) is 0. The third-order valence-corrected chi connectivity index (χ3v) is 4.82. The highest BCUT2D eigenvalue weighted by molar-refractivity contribution is 9.10. The summed E-state index contributed by atoms with van der Waals surface area (Å²) in [7, 11) is 3.29. The van der Waals surface area contributed by atoms with E-state index in [-0.39, 0.29) is 5.38 Å². The Balaban J connectivity index is 2.30. The Morgan fingerprint density at radius 3 is 2.44 bits per heavy atom. The number of hydrogen-bond donors (Lipinski definition) is 0. The number of thiophene rings is 1. The minimum atomic E-state index is -0.195. The van der Waals surface area contributed by atoms with Crippen LogP contribution in [0.25, 0.3) is 0 Å². The average Bonchev–Trinajstić information content (AvgIpc) is 2.86. The van der Waals surface area contributed by atoms with Crippen LogP contribution in [0.5, 0.6) is 11.5 Å². The molecule has 2 rings (SSSR count). The maximum atomic E-state index is 6.49. The molecule has 0 saturated heterocycles. The molecule has 0 N–H and O–H groups in total. The second kappa shape index (κ2) is 5.95. The summed E-state index contributed by atoms with van der Waals surface area (Å²) in [6.07, 6.45) is 0. The summed E-state index contributed by atoms with van der Waals surface area (Å²) in [6, 6.07) is 7.74. The zero-order chi connectivity index (χ0) is 13.1. The van der Waals surface area contributed by atoms with Crippen molar-refractivity contribution in [2.45, 2.75) is 5.38 Å². The quantitative estimate of drug-likeness (QED) is 0.736. The first-order valence-electron chi connectivity index (χ1n) is 5.25. The first kappa shape index (κ1) is 13.7. The lowest BCUT2D eigenvalue weighted by Gasteiger charge is -2.11. The molecule has 0 radical (unpaired) electrons. The Morgan fingerprint density at radius 2 is 1.89 bits per heavy atom. The first-order chi connectivity index (χ1) is 8.65. The molecule has 0 aliphatic rings. The summed E-state index contributed by atoms with van der Waals surface area (Å²) in [5.41, 5.74) is 1.02.